The van der Waals surface area contributed by atoms with Crippen molar-refractivity contribution in [2.24, 2.45) is 5.92 Å². The SMILES string of the molecule is Cc1n[nH]c(C)c1C(=O)NCCCC1CC1. The predicted octanol–water partition coefficient (Wildman–Crippen LogP) is 1.95. The van der Waals surface area contributed by atoms with E-state index in [0.717, 1.165) is 30.3 Å². The van der Waals surface area contributed by atoms with Crippen molar-refractivity contribution in [2.45, 2.75) is 39.5 Å². The molecule has 1 aliphatic rings. The van der Waals surface area contributed by atoms with Gasteiger partial charge in [0.2, 0.25) is 0 Å². The fraction of sp³-hybridized carbons (Fsp3) is 0.667. The molecule has 0 radical (unpaired) electrons. The Morgan fingerprint density at radius 2 is 2.25 bits per heavy atom. The minimum atomic E-state index is -0.000420. The van der Waals surface area contributed by atoms with Gasteiger partial charge in [0.1, 0.15) is 0 Å². The van der Waals surface area contributed by atoms with Crippen molar-refractivity contribution in [1.29, 1.82) is 0 Å². The molecule has 4 heteroatoms. The lowest BCUT2D eigenvalue weighted by Crippen LogP contribution is -2.25. The molecule has 1 fully saturated rings. The van der Waals surface area contributed by atoms with E-state index in [0.29, 0.717) is 5.56 Å². The van der Waals surface area contributed by atoms with Crippen LogP contribution in [0.5, 0.6) is 0 Å². The molecule has 1 aliphatic carbocycles. The van der Waals surface area contributed by atoms with Crippen LogP contribution in [0.3, 0.4) is 0 Å². The van der Waals surface area contributed by atoms with E-state index < -0.39 is 0 Å². The molecule has 16 heavy (non-hydrogen) atoms. The number of carbonyl (C=O) groups is 1. The van der Waals surface area contributed by atoms with Gasteiger partial charge in [0.05, 0.1) is 11.3 Å². The first-order valence-electron chi connectivity index (χ1n) is 5.98. The number of carbonyl (C=O) groups excluding carboxylic acids is 1. The molecule has 1 aromatic heterocycles. The maximum atomic E-state index is 11.8. The summed E-state index contributed by atoms with van der Waals surface area (Å²) in [6, 6.07) is 0. The van der Waals surface area contributed by atoms with Gasteiger partial charge >= 0.3 is 0 Å². The summed E-state index contributed by atoms with van der Waals surface area (Å²) in [6.45, 7) is 4.50. The second kappa shape index (κ2) is 4.68. The standard InChI is InChI=1S/C12H19N3O/c1-8-11(9(2)15-14-8)12(16)13-7-3-4-10-5-6-10/h10H,3-7H2,1-2H3,(H,13,16)(H,14,15). The van der Waals surface area contributed by atoms with Gasteiger partial charge in [0.25, 0.3) is 5.91 Å². The molecule has 0 saturated heterocycles. The van der Waals surface area contributed by atoms with Crippen LogP contribution in [0, 0.1) is 19.8 Å². The molecule has 2 rings (SSSR count). The van der Waals surface area contributed by atoms with Crippen molar-refractivity contribution >= 4 is 5.91 Å². The maximum absolute atomic E-state index is 11.8. The maximum Gasteiger partial charge on any atom is 0.255 e. The smallest absolute Gasteiger partial charge is 0.255 e. The molecule has 88 valence electrons. The zero-order valence-corrected chi connectivity index (χ0v) is 9.97. The van der Waals surface area contributed by atoms with Crippen molar-refractivity contribution in [2.75, 3.05) is 6.54 Å². The third-order valence-corrected chi connectivity index (χ3v) is 3.13. The number of H-pyrrole nitrogens is 1. The van der Waals surface area contributed by atoms with E-state index in [-0.39, 0.29) is 5.91 Å². The molecule has 1 amide bonds. The Labute approximate surface area is 95.8 Å². The number of rotatable bonds is 5. The highest BCUT2D eigenvalue weighted by atomic mass is 16.1. The minimum absolute atomic E-state index is 0.000420. The number of aromatic amines is 1. The molecular formula is C12H19N3O. The molecule has 1 aromatic rings. The molecule has 2 N–H and O–H groups in total. The van der Waals surface area contributed by atoms with Crippen LogP contribution in [0.1, 0.15) is 47.4 Å². The Hall–Kier alpha value is -1.32. The molecule has 0 aromatic carbocycles. The zero-order valence-electron chi connectivity index (χ0n) is 9.97. The van der Waals surface area contributed by atoms with Gasteiger partial charge in [-0.05, 0) is 32.6 Å². The lowest BCUT2D eigenvalue weighted by molar-refractivity contribution is 0.0951. The highest BCUT2D eigenvalue weighted by Gasteiger charge is 2.20. The Kier molecular flexibility index (Phi) is 3.27. The van der Waals surface area contributed by atoms with E-state index in [1.807, 2.05) is 13.8 Å². The van der Waals surface area contributed by atoms with Crippen LogP contribution >= 0.6 is 0 Å². The largest absolute Gasteiger partial charge is 0.352 e. The minimum Gasteiger partial charge on any atom is -0.352 e. The normalized spacial score (nSPS) is 15.1. The van der Waals surface area contributed by atoms with Crippen molar-refractivity contribution in [3.05, 3.63) is 17.0 Å². The summed E-state index contributed by atoms with van der Waals surface area (Å²) in [4.78, 5) is 11.8. The quantitative estimate of drug-likeness (QED) is 0.747. The molecule has 1 heterocycles. The fourth-order valence-corrected chi connectivity index (χ4v) is 1.97. The summed E-state index contributed by atoms with van der Waals surface area (Å²) in [7, 11) is 0. The second-order valence-electron chi connectivity index (χ2n) is 4.65. The van der Waals surface area contributed by atoms with Gasteiger partial charge in [-0.1, -0.05) is 12.8 Å². The lowest BCUT2D eigenvalue weighted by Gasteiger charge is -2.04. The third-order valence-electron chi connectivity index (χ3n) is 3.13. The van der Waals surface area contributed by atoms with Crippen LogP contribution in [0.2, 0.25) is 0 Å². The number of nitrogens with zero attached hydrogens (tertiary/aromatic N) is 1. The number of nitrogens with one attached hydrogen (secondary N) is 2. The van der Waals surface area contributed by atoms with E-state index in [9.17, 15) is 4.79 Å². The monoisotopic (exact) mass is 221 g/mol. The number of aromatic nitrogens is 2. The average Bonchev–Trinajstić information content (AvgIpc) is 3.00. The van der Waals surface area contributed by atoms with Crippen LogP contribution in [0.4, 0.5) is 0 Å². The van der Waals surface area contributed by atoms with E-state index in [1.54, 1.807) is 0 Å². The topological polar surface area (TPSA) is 57.8 Å². The number of hydrogen-bond acceptors (Lipinski definition) is 2. The zero-order chi connectivity index (χ0) is 11.5. The van der Waals surface area contributed by atoms with Gasteiger partial charge in [-0.3, -0.25) is 9.89 Å². The molecule has 0 unspecified atom stereocenters. The predicted molar refractivity (Wildman–Crippen MR) is 62.4 cm³/mol. The van der Waals surface area contributed by atoms with Crippen LogP contribution in [0.25, 0.3) is 0 Å². The van der Waals surface area contributed by atoms with Crippen molar-refractivity contribution in [3.63, 3.8) is 0 Å². The van der Waals surface area contributed by atoms with Crippen LogP contribution < -0.4 is 5.32 Å². The molecule has 0 spiro atoms. The van der Waals surface area contributed by atoms with E-state index in [4.69, 9.17) is 0 Å². The highest BCUT2D eigenvalue weighted by molar-refractivity contribution is 5.96. The summed E-state index contributed by atoms with van der Waals surface area (Å²) in [5.41, 5.74) is 2.32. The van der Waals surface area contributed by atoms with Gasteiger partial charge in [0, 0.05) is 12.2 Å². The molecule has 0 bridgehead atoms. The van der Waals surface area contributed by atoms with Gasteiger partial charge < -0.3 is 5.32 Å². The van der Waals surface area contributed by atoms with Crippen molar-refractivity contribution in [1.82, 2.24) is 15.5 Å². The van der Waals surface area contributed by atoms with Gasteiger partial charge in [-0.15, -0.1) is 0 Å². The highest BCUT2D eigenvalue weighted by Crippen LogP contribution is 2.33. The fourth-order valence-electron chi connectivity index (χ4n) is 1.97. The second-order valence-corrected chi connectivity index (χ2v) is 4.65. The average molecular weight is 221 g/mol. The van der Waals surface area contributed by atoms with Gasteiger partial charge in [-0.25, -0.2) is 0 Å². The Morgan fingerprint density at radius 1 is 1.50 bits per heavy atom. The van der Waals surface area contributed by atoms with Crippen molar-refractivity contribution < 1.29 is 4.79 Å². The first kappa shape index (κ1) is 11.2. The molecule has 4 nitrogen and oxygen atoms in total. The summed E-state index contributed by atoms with van der Waals surface area (Å²) >= 11 is 0. The first-order chi connectivity index (χ1) is 7.68. The van der Waals surface area contributed by atoms with Crippen LogP contribution in [-0.2, 0) is 0 Å². The lowest BCUT2D eigenvalue weighted by atomic mass is 10.2. The van der Waals surface area contributed by atoms with Crippen LogP contribution in [-0.4, -0.2) is 22.6 Å². The van der Waals surface area contributed by atoms with E-state index in [1.165, 1.54) is 19.3 Å². The van der Waals surface area contributed by atoms with Crippen molar-refractivity contribution in [3.8, 4) is 0 Å². The van der Waals surface area contributed by atoms with Crippen LogP contribution in [0.15, 0.2) is 0 Å². The summed E-state index contributed by atoms with van der Waals surface area (Å²) in [5, 5.41) is 9.79. The summed E-state index contributed by atoms with van der Waals surface area (Å²) in [6.07, 6.45) is 5.11. The van der Waals surface area contributed by atoms with E-state index in [2.05, 4.69) is 15.5 Å². The molecule has 1 saturated carbocycles. The molecular weight excluding hydrogens is 202 g/mol. The first-order valence-corrected chi connectivity index (χ1v) is 5.98. The summed E-state index contributed by atoms with van der Waals surface area (Å²) in [5.74, 6) is 0.939. The number of hydrogen-bond donors (Lipinski definition) is 2. The van der Waals surface area contributed by atoms with E-state index >= 15 is 0 Å². The number of amides is 1. The molecule has 0 aliphatic heterocycles. The Morgan fingerprint density at radius 3 is 2.81 bits per heavy atom. The Bertz CT molecular complexity index is 360. The summed E-state index contributed by atoms with van der Waals surface area (Å²) < 4.78 is 0. The van der Waals surface area contributed by atoms with Gasteiger partial charge in [0.15, 0.2) is 0 Å². The third kappa shape index (κ3) is 2.62. The van der Waals surface area contributed by atoms with Gasteiger partial charge in [-0.2, -0.15) is 5.10 Å². The number of aryl methyl sites for hydroxylation is 2. The molecule has 0 atom stereocenters. The Balaban J connectivity index is 1.78.